The van der Waals surface area contributed by atoms with E-state index in [2.05, 4.69) is 15.2 Å². The first-order chi connectivity index (χ1) is 14.6. The Labute approximate surface area is 177 Å². The molecule has 0 saturated carbocycles. The van der Waals surface area contributed by atoms with E-state index in [1.807, 2.05) is 43.3 Å². The fourth-order valence-electron chi connectivity index (χ4n) is 4.24. The van der Waals surface area contributed by atoms with Crippen molar-refractivity contribution in [3.05, 3.63) is 71.8 Å². The molecule has 1 N–H and O–H groups in total. The molecular formula is C25H28FN3O. The van der Waals surface area contributed by atoms with E-state index in [9.17, 15) is 9.18 Å². The molecule has 1 unspecified atom stereocenters. The van der Waals surface area contributed by atoms with E-state index in [1.54, 1.807) is 18.5 Å². The summed E-state index contributed by atoms with van der Waals surface area (Å²) in [5, 5.41) is 5.01. The Balaban J connectivity index is 1.42. The van der Waals surface area contributed by atoms with Crippen LogP contribution in [0.5, 0.6) is 0 Å². The average Bonchev–Trinajstić information content (AvgIpc) is 3.06. The molecule has 1 aliphatic heterocycles. The van der Waals surface area contributed by atoms with Crippen LogP contribution < -0.4 is 10.2 Å². The monoisotopic (exact) mass is 405 g/mol. The number of pyridine rings is 1. The second-order valence-corrected chi connectivity index (χ2v) is 8.07. The quantitative estimate of drug-likeness (QED) is 0.637. The summed E-state index contributed by atoms with van der Waals surface area (Å²) in [5.74, 6) is -0.591. The molecule has 0 spiro atoms. The highest BCUT2D eigenvalue weighted by molar-refractivity contribution is 5.92. The average molecular weight is 406 g/mol. The number of aromatic nitrogens is 1. The van der Waals surface area contributed by atoms with Crippen LogP contribution in [0.2, 0.25) is 0 Å². The van der Waals surface area contributed by atoms with Gasteiger partial charge in [-0.3, -0.25) is 9.78 Å². The largest absolute Gasteiger partial charge is 0.369 e. The van der Waals surface area contributed by atoms with Crippen molar-refractivity contribution in [1.82, 2.24) is 10.3 Å². The molecule has 5 heteroatoms. The number of halogens is 1. The molecule has 1 saturated heterocycles. The van der Waals surface area contributed by atoms with Crippen LogP contribution in [0.3, 0.4) is 0 Å². The zero-order valence-corrected chi connectivity index (χ0v) is 17.4. The first-order valence-electron chi connectivity index (χ1n) is 10.8. The van der Waals surface area contributed by atoms with Gasteiger partial charge in [-0.05, 0) is 54.5 Å². The molecule has 1 aliphatic rings. The van der Waals surface area contributed by atoms with Gasteiger partial charge in [0.1, 0.15) is 5.82 Å². The second-order valence-electron chi connectivity index (χ2n) is 8.07. The van der Waals surface area contributed by atoms with E-state index in [4.69, 9.17) is 0 Å². The second kappa shape index (κ2) is 9.24. The minimum Gasteiger partial charge on any atom is -0.369 e. The Kier molecular flexibility index (Phi) is 6.26. The van der Waals surface area contributed by atoms with Crippen LogP contribution >= 0.6 is 0 Å². The highest BCUT2D eigenvalue weighted by Crippen LogP contribution is 2.26. The van der Waals surface area contributed by atoms with Crippen molar-refractivity contribution in [2.75, 3.05) is 18.0 Å². The summed E-state index contributed by atoms with van der Waals surface area (Å²) in [6.07, 6.45) is 8.20. The van der Waals surface area contributed by atoms with Gasteiger partial charge in [-0.2, -0.15) is 0 Å². The maximum atomic E-state index is 14.7. The summed E-state index contributed by atoms with van der Waals surface area (Å²) in [5.41, 5.74) is 2.41. The summed E-state index contributed by atoms with van der Waals surface area (Å²) < 4.78 is 14.7. The molecule has 1 amide bonds. The third kappa shape index (κ3) is 4.45. The van der Waals surface area contributed by atoms with Gasteiger partial charge >= 0.3 is 0 Å². The fraction of sp³-hybridized carbons (Fsp3) is 0.360. The molecule has 2 heterocycles. The number of hydrogen-bond donors (Lipinski definition) is 1. The molecule has 156 valence electrons. The van der Waals surface area contributed by atoms with Crippen molar-refractivity contribution in [2.45, 2.75) is 45.1 Å². The lowest BCUT2D eigenvalue weighted by molar-refractivity contribution is -0.122. The highest BCUT2D eigenvalue weighted by atomic mass is 19.1. The summed E-state index contributed by atoms with van der Waals surface area (Å²) in [4.78, 5) is 19.1. The first-order valence-corrected chi connectivity index (χ1v) is 10.8. The predicted octanol–water partition coefficient (Wildman–Crippen LogP) is 5.17. The van der Waals surface area contributed by atoms with Crippen LogP contribution in [0.4, 0.5) is 10.1 Å². The molecule has 0 bridgehead atoms. The van der Waals surface area contributed by atoms with Gasteiger partial charge in [0.05, 0.1) is 11.6 Å². The molecule has 30 heavy (non-hydrogen) atoms. The van der Waals surface area contributed by atoms with Gasteiger partial charge in [-0.1, -0.05) is 37.1 Å². The van der Waals surface area contributed by atoms with E-state index in [0.717, 1.165) is 47.8 Å². The van der Waals surface area contributed by atoms with Gasteiger partial charge in [0, 0.05) is 37.4 Å². The van der Waals surface area contributed by atoms with Crippen LogP contribution in [-0.4, -0.2) is 24.0 Å². The highest BCUT2D eigenvalue weighted by Gasteiger charge is 2.18. The van der Waals surface area contributed by atoms with Crippen LogP contribution in [0, 0.1) is 5.82 Å². The lowest BCUT2D eigenvalue weighted by Gasteiger charge is -2.23. The fourth-order valence-corrected chi connectivity index (χ4v) is 4.24. The molecule has 4 rings (SSSR count). The Morgan fingerprint density at radius 1 is 1.13 bits per heavy atom. The van der Waals surface area contributed by atoms with Crippen LogP contribution in [-0.2, 0) is 11.3 Å². The third-order valence-corrected chi connectivity index (χ3v) is 6.00. The van der Waals surface area contributed by atoms with Gasteiger partial charge in [0.15, 0.2) is 0 Å². The maximum Gasteiger partial charge on any atom is 0.227 e. The number of fused-ring (bicyclic) bond motifs is 1. The lowest BCUT2D eigenvalue weighted by Crippen LogP contribution is -2.28. The van der Waals surface area contributed by atoms with Gasteiger partial charge in [-0.15, -0.1) is 0 Å². The minimum atomic E-state index is -0.308. The lowest BCUT2D eigenvalue weighted by atomic mass is 9.95. The van der Waals surface area contributed by atoms with Gasteiger partial charge in [0.2, 0.25) is 5.91 Å². The topological polar surface area (TPSA) is 45.2 Å². The van der Waals surface area contributed by atoms with Crippen LogP contribution in [0.15, 0.2) is 54.9 Å². The van der Waals surface area contributed by atoms with Crippen molar-refractivity contribution in [1.29, 1.82) is 0 Å². The number of nitrogens with zero attached hydrogens (tertiary/aromatic N) is 2. The van der Waals surface area contributed by atoms with E-state index < -0.39 is 0 Å². The number of carbonyl (C=O) groups is 1. The number of carbonyl (C=O) groups excluding carboxylic acids is 1. The zero-order valence-electron chi connectivity index (χ0n) is 17.4. The molecule has 3 aromatic rings. The Bertz CT molecular complexity index is 1020. The Morgan fingerprint density at radius 3 is 2.70 bits per heavy atom. The Morgan fingerprint density at radius 2 is 1.93 bits per heavy atom. The van der Waals surface area contributed by atoms with E-state index in [-0.39, 0.29) is 17.6 Å². The summed E-state index contributed by atoms with van der Waals surface area (Å²) in [6.45, 7) is 4.02. The normalized spacial score (nSPS) is 15.6. The number of rotatable bonds is 5. The van der Waals surface area contributed by atoms with Crippen LogP contribution in [0.1, 0.15) is 49.7 Å². The molecule has 0 radical (unpaired) electrons. The van der Waals surface area contributed by atoms with Gasteiger partial charge < -0.3 is 10.2 Å². The first kappa shape index (κ1) is 20.3. The number of hydrogen-bond acceptors (Lipinski definition) is 3. The summed E-state index contributed by atoms with van der Waals surface area (Å²) >= 11 is 0. The molecule has 2 aromatic carbocycles. The zero-order chi connectivity index (χ0) is 20.9. The van der Waals surface area contributed by atoms with Crippen molar-refractivity contribution in [2.24, 2.45) is 0 Å². The molecular weight excluding hydrogens is 377 g/mol. The predicted molar refractivity (Wildman–Crippen MR) is 119 cm³/mol. The standard InChI is InChI=1S/C25H28FN3O/c1-18(21-8-6-7-20-17-27-12-11-22(20)21)25(30)28-16-19-9-10-24(23(26)15-19)29-13-4-2-3-5-14-29/h6-12,15,17-18H,2-5,13-14,16H2,1H3,(H,28,30). The van der Waals surface area contributed by atoms with Crippen molar-refractivity contribution in [3.8, 4) is 0 Å². The third-order valence-electron chi connectivity index (χ3n) is 6.00. The molecule has 4 nitrogen and oxygen atoms in total. The van der Waals surface area contributed by atoms with Crippen LogP contribution in [0.25, 0.3) is 10.8 Å². The van der Waals surface area contributed by atoms with Gasteiger partial charge in [-0.25, -0.2) is 4.39 Å². The van der Waals surface area contributed by atoms with E-state index >= 15 is 0 Å². The maximum absolute atomic E-state index is 14.7. The molecule has 1 aromatic heterocycles. The number of amides is 1. The minimum absolute atomic E-state index is 0.0729. The number of benzene rings is 2. The molecule has 1 fully saturated rings. The summed E-state index contributed by atoms with van der Waals surface area (Å²) in [6, 6.07) is 13.2. The van der Waals surface area contributed by atoms with Gasteiger partial charge in [0.25, 0.3) is 0 Å². The number of anilines is 1. The molecule has 0 aliphatic carbocycles. The molecule has 1 atom stereocenters. The summed E-state index contributed by atoms with van der Waals surface area (Å²) in [7, 11) is 0. The van der Waals surface area contributed by atoms with Crippen molar-refractivity contribution >= 4 is 22.4 Å². The smallest absolute Gasteiger partial charge is 0.227 e. The van der Waals surface area contributed by atoms with Crippen molar-refractivity contribution < 1.29 is 9.18 Å². The SMILES string of the molecule is CC(C(=O)NCc1ccc(N2CCCCCC2)c(F)c1)c1cccc2cnccc12. The van der Waals surface area contributed by atoms with E-state index in [1.165, 1.54) is 12.8 Å². The van der Waals surface area contributed by atoms with Crippen molar-refractivity contribution in [3.63, 3.8) is 0 Å². The van der Waals surface area contributed by atoms with E-state index in [0.29, 0.717) is 12.2 Å². The number of nitrogens with one attached hydrogen (secondary N) is 1. The Hall–Kier alpha value is -2.95.